The summed E-state index contributed by atoms with van der Waals surface area (Å²) in [6, 6.07) is 8.31. The normalized spacial score (nSPS) is 11.9. The summed E-state index contributed by atoms with van der Waals surface area (Å²) in [6.45, 7) is 4.85. The lowest BCUT2D eigenvalue weighted by Crippen LogP contribution is -2.26. The van der Waals surface area contributed by atoms with Crippen LogP contribution in [0.5, 0.6) is 0 Å². The van der Waals surface area contributed by atoms with Crippen LogP contribution in [-0.2, 0) is 6.54 Å². The van der Waals surface area contributed by atoms with Crippen LogP contribution in [0, 0.1) is 0 Å². The second kappa shape index (κ2) is 7.00. The fourth-order valence-electron chi connectivity index (χ4n) is 1.40. The van der Waals surface area contributed by atoms with Crippen molar-refractivity contribution in [2.45, 2.75) is 26.4 Å². The highest BCUT2D eigenvalue weighted by Gasteiger charge is 2.00. The molecule has 5 heteroatoms. The number of anilines is 1. The fourth-order valence-corrected chi connectivity index (χ4v) is 1.40. The van der Waals surface area contributed by atoms with Gasteiger partial charge in [0.05, 0.1) is 18.0 Å². The standard InChI is InChI=1S/C13H22N4O/c1-10(2)16-7-11-3-5-13(6-4-11)17(15)8-12(14)9-18/h3-6,8,10,16,18H,7,9,14-15H2,1-2H3/b12-8-. The quantitative estimate of drug-likeness (QED) is 0.440. The van der Waals surface area contributed by atoms with Crippen molar-refractivity contribution in [3.8, 4) is 0 Å². The minimum atomic E-state index is -0.204. The first-order chi connectivity index (χ1) is 8.52. The van der Waals surface area contributed by atoms with Crippen molar-refractivity contribution in [3.63, 3.8) is 0 Å². The van der Waals surface area contributed by atoms with Gasteiger partial charge in [0.1, 0.15) is 0 Å². The van der Waals surface area contributed by atoms with Gasteiger partial charge in [-0.15, -0.1) is 0 Å². The van der Waals surface area contributed by atoms with Crippen LogP contribution in [0.1, 0.15) is 19.4 Å². The predicted molar refractivity (Wildman–Crippen MR) is 74.4 cm³/mol. The van der Waals surface area contributed by atoms with Crippen molar-refractivity contribution >= 4 is 5.69 Å². The average Bonchev–Trinajstić information content (AvgIpc) is 2.36. The van der Waals surface area contributed by atoms with E-state index in [-0.39, 0.29) is 6.61 Å². The molecule has 100 valence electrons. The Kier molecular flexibility index (Phi) is 5.64. The van der Waals surface area contributed by atoms with Crippen molar-refractivity contribution in [1.82, 2.24) is 5.32 Å². The number of aliphatic hydroxyl groups excluding tert-OH is 1. The predicted octanol–water partition coefficient (Wildman–Crippen LogP) is 0.657. The molecule has 6 N–H and O–H groups in total. The average molecular weight is 250 g/mol. The van der Waals surface area contributed by atoms with Crippen molar-refractivity contribution in [2.24, 2.45) is 11.6 Å². The van der Waals surface area contributed by atoms with E-state index in [1.807, 2.05) is 24.3 Å². The van der Waals surface area contributed by atoms with Gasteiger partial charge < -0.3 is 16.2 Å². The first kappa shape index (κ1) is 14.5. The molecule has 0 aliphatic heterocycles. The monoisotopic (exact) mass is 250 g/mol. The summed E-state index contributed by atoms with van der Waals surface area (Å²) in [4.78, 5) is 0. The first-order valence-corrected chi connectivity index (χ1v) is 5.96. The summed E-state index contributed by atoms with van der Waals surface area (Å²) < 4.78 is 0. The van der Waals surface area contributed by atoms with Gasteiger partial charge in [0.25, 0.3) is 0 Å². The molecule has 0 fully saturated rings. The molecule has 0 aliphatic carbocycles. The van der Waals surface area contributed by atoms with Gasteiger partial charge in [0.15, 0.2) is 0 Å². The third kappa shape index (κ3) is 4.75. The van der Waals surface area contributed by atoms with Gasteiger partial charge in [0, 0.05) is 18.8 Å². The van der Waals surface area contributed by atoms with Crippen LogP contribution in [0.15, 0.2) is 36.2 Å². The third-order valence-electron chi connectivity index (χ3n) is 2.44. The zero-order chi connectivity index (χ0) is 13.5. The first-order valence-electron chi connectivity index (χ1n) is 5.96. The smallest absolute Gasteiger partial charge is 0.0840 e. The molecule has 1 rings (SSSR count). The van der Waals surface area contributed by atoms with Crippen LogP contribution in [-0.4, -0.2) is 17.8 Å². The van der Waals surface area contributed by atoms with Gasteiger partial charge in [-0.05, 0) is 17.7 Å². The highest BCUT2D eigenvalue weighted by atomic mass is 16.3. The topological polar surface area (TPSA) is 87.5 Å². The number of hydrazine groups is 1. The fraction of sp³-hybridized carbons (Fsp3) is 0.385. The van der Waals surface area contributed by atoms with Gasteiger partial charge in [-0.1, -0.05) is 26.0 Å². The van der Waals surface area contributed by atoms with Gasteiger partial charge >= 0.3 is 0 Å². The van der Waals surface area contributed by atoms with E-state index in [0.29, 0.717) is 11.7 Å². The molecule has 5 nitrogen and oxygen atoms in total. The number of nitrogens with two attached hydrogens (primary N) is 2. The number of aliphatic hydroxyl groups is 1. The van der Waals surface area contributed by atoms with Crippen LogP contribution in [0.2, 0.25) is 0 Å². The highest BCUT2D eigenvalue weighted by molar-refractivity contribution is 5.48. The van der Waals surface area contributed by atoms with Gasteiger partial charge in [-0.3, -0.25) is 5.01 Å². The molecular formula is C13H22N4O. The molecule has 0 spiro atoms. The SMILES string of the molecule is CC(C)NCc1ccc(N(N)/C=C(\N)CO)cc1. The molecule has 0 saturated carbocycles. The minimum Gasteiger partial charge on any atom is -0.399 e. The van der Waals surface area contributed by atoms with E-state index >= 15 is 0 Å². The Morgan fingerprint density at radius 3 is 2.50 bits per heavy atom. The number of hydrogen-bond donors (Lipinski definition) is 4. The number of nitrogens with zero attached hydrogens (tertiary/aromatic N) is 1. The van der Waals surface area contributed by atoms with Gasteiger partial charge in [0.2, 0.25) is 0 Å². The number of hydrogen-bond acceptors (Lipinski definition) is 5. The summed E-state index contributed by atoms with van der Waals surface area (Å²) in [5, 5.41) is 13.5. The maximum Gasteiger partial charge on any atom is 0.0840 e. The molecule has 0 heterocycles. The molecule has 0 aromatic heterocycles. The van der Waals surface area contributed by atoms with E-state index in [1.54, 1.807) is 0 Å². The molecule has 0 aliphatic rings. The van der Waals surface area contributed by atoms with Crippen molar-refractivity contribution in [1.29, 1.82) is 0 Å². The zero-order valence-corrected chi connectivity index (χ0v) is 10.9. The van der Waals surface area contributed by atoms with E-state index in [1.165, 1.54) is 16.8 Å². The van der Waals surface area contributed by atoms with Crippen LogP contribution >= 0.6 is 0 Å². The van der Waals surface area contributed by atoms with Crippen LogP contribution in [0.3, 0.4) is 0 Å². The van der Waals surface area contributed by atoms with Crippen molar-refractivity contribution < 1.29 is 5.11 Å². The van der Waals surface area contributed by atoms with Crippen LogP contribution < -0.4 is 21.9 Å². The largest absolute Gasteiger partial charge is 0.399 e. The Balaban J connectivity index is 2.64. The summed E-state index contributed by atoms with van der Waals surface area (Å²) >= 11 is 0. The van der Waals surface area contributed by atoms with E-state index in [9.17, 15) is 0 Å². The molecule has 0 bridgehead atoms. The molecular weight excluding hydrogens is 228 g/mol. The second-order valence-electron chi connectivity index (χ2n) is 4.47. The lowest BCUT2D eigenvalue weighted by molar-refractivity contribution is 0.329. The maximum atomic E-state index is 8.81. The van der Waals surface area contributed by atoms with E-state index in [0.717, 1.165) is 12.2 Å². The van der Waals surface area contributed by atoms with E-state index in [4.69, 9.17) is 16.7 Å². The molecule has 18 heavy (non-hydrogen) atoms. The summed E-state index contributed by atoms with van der Waals surface area (Å²) in [6.07, 6.45) is 1.50. The number of nitrogens with one attached hydrogen (secondary N) is 1. The Bertz CT molecular complexity index is 386. The molecule has 0 amide bonds. The molecule has 1 aromatic rings. The summed E-state index contributed by atoms with van der Waals surface area (Å²) in [5.41, 5.74) is 7.84. The summed E-state index contributed by atoms with van der Waals surface area (Å²) in [5.74, 6) is 5.79. The van der Waals surface area contributed by atoms with E-state index < -0.39 is 0 Å². The Morgan fingerprint density at radius 2 is 2.00 bits per heavy atom. The second-order valence-corrected chi connectivity index (χ2v) is 4.47. The lowest BCUT2D eigenvalue weighted by atomic mass is 10.2. The van der Waals surface area contributed by atoms with Crippen molar-refractivity contribution in [3.05, 3.63) is 41.7 Å². The Morgan fingerprint density at radius 1 is 1.39 bits per heavy atom. The van der Waals surface area contributed by atoms with E-state index in [2.05, 4.69) is 19.2 Å². The summed E-state index contributed by atoms with van der Waals surface area (Å²) in [7, 11) is 0. The molecule has 0 unspecified atom stereocenters. The highest BCUT2D eigenvalue weighted by Crippen LogP contribution is 2.13. The maximum absolute atomic E-state index is 8.81. The third-order valence-corrected chi connectivity index (χ3v) is 2.44. The lowest BCUT2D eigenvalue weighted by Gasteiger charge is -2.15. The Hall–Kier alpha value is -1.56. The zero-order valence-electron chi connectivity index (χ0n) is 10.9. The number of benzene rings is 1. The van der Waals surface area contributed by atoms with Gasteiger partial charge in [-0.25, -0.2) is 5.84 Å². The molecule has 0 atom stereocenters. The minimum absolute atomic E-state index is 0.204. The molecule has 1 aromatic carbocycles. The molecule has 0 radical (unpaired) electrons. The van der Waals surface area contributed by atoms with Crippen LogP contribution in [0.25, 0.3) is 0 Å². The molecule has 0 saturated heterocycles. The van der Waals surface area contributed by atoms with Crippen molar-refractivity contribution in [2.75, 3.05) is 11.6 Å². The number of rotatable bonds is 6. The Labute approximate surface area is 108 Å². The van der Waals surface area contributed by atoms with Gasteiger partial charge in [-0.2, -0.15) is 0 Å². The van der Waals surface area contributed by atoms with Crippen LogP contribution in [0.4, 0.5) is 5.69 Å².